The van der Waals surface area contributed by atoms with Gasteiger partial charge in [0.15, 0.2) is 0 Å². The highest BCUT2D eigenvalue weighted by Crippen LogP contribution is 2.27. The summed E-state index contributed by atoms with van der Waals surface area (Å²) in [7, 11) is 0. The average molecular weight is 264 g/mol. The molecule has 1 heterocycles. The standard InChI is InChI=1S/C14H24N4O/c1-3-5-12-17-13(15-4-2)8-14(18-12)16-9-10-6-11(19)7-10/h8,10-11,19H,3-7,9H2,1-2H3,(H2,15,16,17,18). The minimum absolute atomic E-state index is 0.0924. The molecule has 1 fully saturated rings. The number of hydrogen-bond acceptors (Lipinski definition) is 5. The zero-order chi connectivity index (χ0) is 13.7. The SMILES string of the molecule is CCCc1nc(NCC)cc(NCC2CC(O)C2)n1. The van der Waals surface area contributed by atoms with Crippen molar-refractivity contribution in [2.24, 2.45) is 5.92 Å². The maximum Gasteiger partial charge on any atom is 0.133 e. The van der Waals surface area contributed by atoms with Crippen molar-refractivity contribution in [1.82, 2.24) is 9.97 Å². The van der Waals surface area contributed by atoms with E-state index in [1.54, 1.807) is 0 Å². The molecule has 0 aliphatic heterocycles. The summed E-state index contributed by atoms with van der Waals surface area (Å²) in [4.78, 5) is 9.01. The Labute approximate surface area is 114 Å². The molecule has 0 spiro atoms. The van der Waals surface area contributed by atoms with Gasteiger partial charge >= 0.3 is 0 Å². The fraction of sp³-hybridized carbons (Fsp3) is 0.714. The number of rotatable bonds is 7. The summed E-state index contributed by atoms with van der Waals surface area (Å²) in [6.07, 6.45) is 3.66. The van der Waals surface area contributed by atoms with Crippen LogP contribution in [0.5, 0.6) is 0 Å². The normalized spacial score (nSPS) is 21.8. The van der Waals surface area contributed by atoms with Crippen LogP contribution in [0.4, 0.5) is 11.6 Å². The minimum atomic E-state index is -0.0924. The summed E-state index contributed by atoms with van der Waals surface area (Å²) in [5, 5.41) is 15.9. The smallest absolute Gasteiger partial charge is 0.133 e. The Kier molecular flexibility index (Phi) is 4.96. The van der Waals surface area contributed by atoms with E-state index in [1.807, 2.05) is 6.07 Å². The summed E-state index contributed by atoms with van der Waals surface area (Å²) >= 11 is 0. The number of aliphatic hydroxyl groups excluding tert-OH is 1. The molecule has 1 saturated carbocycles. The van der Waals surface area contributed by atoms with Crippen molar-refractivity contribution in [1.29, 1.82) is 0 Å². The third kappa shape index (κ3) is 4.06. The highest BCUT2D eigenvalue weighted by Gasteiger charge is 2.26. The summed E-state index contributed by atoms with van der Waals surface area (Å²) in [6, 6.07) is 1.96. The van der Waals surface area contributed by atoms with Crippen LogP contribution in [0, 0.1) is 5.92 Å². The Bertz CT molecular complexity index is 380. The monoisotopic (exact) mass is 264 g/mol. The molecule has 5 nitrogen and oxygen atoms in total. The summed E-state index contributed by atoms with van der Waals surface area (Å²) < 4.78 is 0. The molecule has 1 aromatic heterocycles. The van der Waals surface area contributed by atoms with Gasteiger partial charge in [-0.05, 0) is 32.1 Å². The van der Waals surface area contributed by atoms with Crippen molar-refractivity contribution < 1.29 is 5.11 Å². The van der Waals surface area contributed by atoms with Crippen molar-refractivity contribution in [3.05, 3.63) is 11.9 Å². The fourth-order valence-corrected chi connectivity index (χ4v) is 2.31. The second kappa shape index (κ2) is 6.70. The highest BCUT2D eigenvalue weighted by atomic mass is 16.3. The second-order valence-electron chi connectivity index (χ2n) is 5.21. The van der Waals surface area contributed by atoms with Crippen LogP contribution in [0.15, 0.2) is 6.07 Å². The molecule has 2 rings (SSSR count). The van der Waals surface area contributed by atoms with Crippen LogP contribution >= 0.6 is 0 Å². The molecule has 0 bridgehead atoms. The van der Waals surface area contributed by atoms with Crippen molar-refractivity contribution in [2.75, 3.05) is 23.7 Å². The largest absolute Gasteiger partial charge is 0.393 e. The molecule has 5 heteroatoms. The number of nitrogens with one attached hydrogen (secondary N) is 2. The summed E-state index contributed by atoms with van der Waals surface area (Å²) in [5.41, 5.74) is 0. The van der Waals surface area contributed by atoms with Gasteiger partial charge in [-0.2, -0.15) is 0 Å². The van der Waals surface area contributed by atoms with Gasteiger partial charge in [0.1, 0.15) is 17.5 Å². The predicted octanol–water partition coefficient (Wildman–Crippen LogP) is 2.04. The molecule has 0 unspecified atom stereocenters. The first-order valence-corrected chi connectivity index (χ1v) is 7.25. The van der Waals surface area contributed by atoms with E-state index in [-0.39, 0.29) is 6.10 Å². The van der Waals surface area contributed by atoms with Crippen molar-refractivity contribution >= 4 is 11.6 Å². The third-order valence-electron chi connectivity index (χ3n) is 3.39. The molecule has 3 N–H and O–H groups in total. The van der Waals surface area contributed by atoms with Gasteiger partial charge in [-0.15, -0.1) is 0 Å². The molecule has 106 valence electrons. The fourth-order valence-electron chi connectivity index (χ4n) is 2.31. The number of nitrogens with zero attached hydrogens (tertiary/aromatic N) is 2. The molecule has 1 aliphatic rings. The Morgan fingerprint density at radius 2 is 1.89 bits per heavy atom. The van der Waals surface area contributed by atoms with Gasteiger partial charge < -0.3 is 15.7 Å². The number of aryl methyl sites for hydroxylation is 1. The lowest BCUT2D eigenvalue weighted by molar-refractivity contribution is 0.0486. The molecular weight excluding hydrogens is 240 g/mol. The van der Waals surface area contributed by atoms with Crippen LogP contribution < -0.4 is 10.6 Å². The minimum Gasteiger partial charge on any atom is -0.393 e. The van der Waals surface area contributed by atoms with Crippen molar-refractivity contribution in [3.63, 3.8) is 0 Å². The van der Waals surface area contributed by atoms with Gasteiger partial charge in [0.25, 0.3) is 0 Å². The average Bonchev–Trinajstić information content (AvgIpc) is 2.34. The van der Waals surface area contributed by atoms with Crippen molar-refractivity contribution in [3.8, 4) is 0 Å². The van der Waals surface area contributed by atoms with Crippen LogP contribution in [0.3, 0.4) is 0 Å². The van der Waals surface area contributed by atoms with Crippen LogP contribution in [-0.4, -0.2) is 34.3 Å². The third-order valence-corrected chi connectivity index (χ3v) is 3.39. The van der Waals surface area contributed by atoms with Gasteiger partial charge in [0.05, 0.1) is 6.10 Å². The molecular formula is C14H24N4O. The van der Waals surface area contributed by atoms with Crippen LogP contribution in [0.2, 0.25) is 0 Å². The first-order valence-electron chi connectivity index (χ1n) is 7.25. The Hall–Kier alpha value is -1.36. The second-order valence-corrected chi connectivity index (χ2v) is 5.21. The zero-order valence-corrected chi connectivity index (χ0v) is 11.8. The molecule has 1 aliphatic carbocycles. The van der Waals surface area contributed by atoms with Crippen molar-refractivity contribution in [2.45, 2.75) is 45.6 Å². The maximum absolute atomic E-state index is 9.28. The van der Waals surface area contributed by atoms with E-state index in [0.29, 0.717) is 5.92 Å². The van der Waals surface area contributed by atoms with Gasteiger partial charge in [0, 0.05) is 25.6 Å². The maximum atomic E-state index is 9.28. The van der Waals surface area contributed by atoms with Gasteiger partial charge in [0.2, 0.25) is 0 Å². The Balaban J connectivity index is 1.96. The lowest BCUT2D eigenvalue weighted by atomic mass is 9.82. The van der Waals surface area contributed by atoms with E-state index >= 15 is 0 Å². The summed E-state index contributed by atoms with van der Waals surface area (Å²) in [5.74, 6) is 3.23. The predicted molar refractivity (Wildman–Crippen MR) is 77.4 cm³/mol. The first kappa shape index (κ1) is 14.1. The van der Waals surface area contributed by atoms with Gasteiger partial charge in [-0.25, -0.2) is 9.97 Å². The van der Waals surface area contributed by atoms with E-state index in [2.05, 4.69) is 34.4 Å². The molecule has 19 heavy (non-hydrogen) atoms. The van der Waals surface area contributed by atoms with E-state index in [4.69, 9.17) is 0 Å². The van der Waals surface area contributed by atoms with Crippen LogP contribution in [0.25, 0.3) is 0 Å². The molecule has 0 aromatic carbocycles. The molecule has 0 radical (unpaired) electrons. The molecule has 0 saturated heterocycles. The van der Waals surface area contributed by atoms with Crippen LogP contribution in [0.1, 0.15) is 38.9 Å². The molecule has 1 aromatic rings. The van der Waals surface area contributed by atoms with Crippen LogP contribution in [-0.2, 0) is 6.42 Å². The van der Waals surface area contributed by atoms with Gasteiger partial charge in [-0.1, -0.05) is 6.92 Å². The molecule has 0 atom stereocenters. The number of aliphatic hydroxyl groups is 1. The lowest BCUT2D eigenvalue weighted by Crippen LogP contribution is -2.33. The van der Waals surface area contributed by atoms with E-state index in [9.17, 15) is 5.11 Å². The topological polar surface area (TPSA) is 70.1 Å². The van der Waals surface area contributed by atoms with E-state index < -0.39 is 0 Å². The Morgan fingerprint density at radius 3 is 2.47 bits per heavy atom. The van der Waals surface area contributed by atoms with E-state index in [1.165, 1.54) is 0 Å². The Morgan fingerprint density at radius 1 is 1.21 bits per heavy atom. The number of hydrogen-bond donors (Lipinski definition) is 3. The first-order chi connectivity index (χ1) is 9.21. The van der Waals surface area contributed by atoms with E-state index in [0.717, 1.165) is 56.2 Å². The molecule has 0 amide bonds. The number of aromatic nitrogens is 2. The highest BCUT2D eigenvalue weighted by molar-refractivity contribution is 5.47. The quantitative estimate of drug-likeness (QED) is 0.703. The van der Waals surface area contributed by atoms with Gasteiger partial charge in [-0.3, -0.25) is 0 Å². The number of anilines is 2. The zero-order valence-electron chi connectivity index (χ0n) is 11.8. The lowest BCUT2D eigenvalue weighted by Gasteiger charge is -2.31. The summed E-state index contributed by atoms with van der Waals surface area (Å²) in [6.45, 7) is 5.93.